The standard InChI is InChI=1S/C18H18FIN6O2/c1-9(27)22-3-4-26-14(23-15-16(21)24-18(19)25-17(15)26)8-11-7-13-10(2-5-28-13)6-12(11)20/h6-7H,2-5,8H2,1H3,(H,22,27)(H2,21,24,25). The molecular weight excluding hydrogens is 478 g/mol. The van der Waals surface area contributed by atoms with Crippen LogP contribution in [0.4, 0.5) is 10.2 Å². The smallest absolute Gasteiger partial charge is 0.312 e. The summed E-state index contributed by atoms with van der Waals surface area (Å²) in [5.74, 6) is 1.41. The van der Waals surface area contributed by atoms with Crippen molar-refractivity contribution in [1.29, 1.82) is 0 Å². The van der Waals surface area contributed by atoms with Gasteiger partial charge < -0.3 is 20.4 Å². The second-order valence-electron chi connectivity index (χ2n) is 6.54. The number of ether oxygens (including phenoxy) is 1. The molecule has 0 aliphatic carbocycles. The Labute approximate surface area is 173 Å². The van der Waals surface area contributed by atoms with E-state index in [2.05, 4.69) is 48.9 Å². The number of aromatic nitrogens is 4. The number of hydrogen-bond donors (Lipinski definition) is 2. The summed E-state index contributed by atoms with van der Waals surface area (Å²) in [6, 6.07) is 4.15. The molecular formula is C18H18FIN6O2. The number of carbonyl (C=O) groups is 1. The number of halogens is 2. The van der Waals surface area contributed by atoms with E-state index in [-0.39, 0.29) is 11.7 Å². The highest BCUT2D eigenvalue weighted by Gasteiger charge is 2.20. The average Bonchev–Trinajstić information content (AvgIpc) is 3.20. The molecule has 0 saturated heterocycles. The molecule has 0 unspecified atom stereocenters. The molecule has 1 aliphatic heterocycles. The van der Waals surface area contributed by atoms with E-state index in [4.69, 9.17) is 10.5 Å². The molecule has 0 atom stereocenters. The van der Waals surface area contributed by atoms with Crippen molar-refractivity contribution in [3.8, 4) is 5.75 Å². The van der Waals surface area contributed by atoms with Crippen molar-refractivity contribution in [3.63, 3.8) is 0 Å². The van der Waals surface area contributed by atoms with E-state index in [1.54, 1.807) is 4.57 Å². The van der Waals surface area contributed by atoms with Crippen LogP contribution in [0.2, 0.25) is 0 Å². The number of anilines is 1. The van der Waals surface area contributed by atoms with Crippen LogP contribution < -0.4 is 15.8 Å². The van der Waals surface area contributed by atoms with Gasteiger partial charge in [-0.05, 0) is 45.9 Å². The Morgan fingerprint density at radius 2 is 2.21 bits per heavy atom. The fraction of sp³-hybridized carbons (Fsp3) is 0.333. The van der Waals surface area contributed by atoms with Crippen LogP contribution in [0.15, 0.2) is 12.1 Å². The Kier molecular flexibility index (Phi) is 5.04. The zero-order valence-electron chi connectivity index (χ0n) is 15.1. The highest BCUT2D eigenvalue weighted by molar-refractivity contribution is 14.1. The number of imidazole rings is 1. The van der Waals surface area contributed by atoms with Crippen molar-refractivity contribution in [2.45, 2.75) is 26.3 Å². The van der Waals surface area contributed by atoms with Crippen molar-refractivity contribution in [3.05, 3.63) is 38.7 Å². The third kappa shape index (κ3) is 3.60. The number of nitrogens with zero attached hydrogens (tertiary/aromatic N) is 4. The lowest BCUT2D eigenvalue weighted by molar-refractivity contribution is -0.118. The normalized spacial score (nSPS) is 12.8. The van der Waals surface area contributed by atoms with Gasteiger partial charge in [0.25, 0.3) is 0 Å². The van der Waals surface area contributed by atoms with Crippen LogP contribution in [0.1, 0.15) is 23.9 Å². The van der Waals surface area contributed by atoms with Gasteiger partial charge in [-0.2, -0.15) is 14.4 Å². The van der Waals surface area contributed by atoms with Crippen molar-refractivity contribution in [2.24, 2.45) is 0 Å². The van der Waals surface area contributed by atoms with Gasteiger partial charge in [-0.15, -0.1) is 0 Å². The van der Waals surface area contributed by atoms with Gasteiger partial charge in [-0.25, -0.2) is 4.98 Å². The number of hydrogen-bond acceptors (Lipinski definition) is 6. The zero-order chi connectivity index (χ0) is 19.8. The van der Waals surface area contributed by atoms with Crippen molar-refractivity contribution < 1.29 is 13.9 Å². The average molecular weight is 496 g/mol. The molecule has 0 bridgehead atoms. The van der Waals surface area contributed by atoms with E-state index in [0.717, 1.165) is 21.3 Å². The van der Waals surface area contributed by atoms with Crippen LogP contribution in [0.5, 0.6) is 5.75 Å². The van der Waals surface area contributed by atoms with Crippen LogP contribution in [0.3, 0.4) is 0 Å². The second kappa shape index (κ2) is 7.49. The third-order valence-corrected chi connectivity index (χ3v) is 5.59. The molecule has 10 heteroatoms. The molecule has 2 aromatic heterocycles. The van der Waals surface area contributed by atoms with E-state index in [1.165, 1.54) is 12.5 Å². The molecule has 8 nitrogen and oxygen atoms in total. The van der Waals surface area contributed by atoms with Gasteiger partial charge in [0, 0.05) is 36.4 Å². The molecule has 0 saturated carbocycles. The molecule has 146 valence electrons. The summed E-state index contributed by atoms with van der Waals surface area (Å²) >= 11 is 2.30. The van der Waals surface area contributed by atoms with Gasteiger partial charge >= 0.3 is 6.08 Å². The molecule has 0 radical (unpaired) electrons. The van der Waals surface area contributed by atoms with Gasteiger partial charge in [-0.1, -0.05) is 0 Å². The Morgan fingerprint density at radius 3 is 3.00 bits per heavy atom. The Bertz CT molecular complexity index is 1080. The zero-order valence-corrected chi connectivity index (χ0v) is 17.3. The van der Waals surface area contributed by atoms with E-state index < -0.39 is 6.08 Å². The first kappa shape index (κ1) is 18.8. The number of nitrogens with two attached hydrogens (primary N) is 1. The van der Waals surface area contributed by atoms with Crippen LogP contribution in [-0.4, -0.2) is 38.6 Å². The van der Waals surface area contributed by atoms with E-state index in [1.807, 2.05) is 6.07 Å². The number of amides is 1. The first-order valence-corrected chi connectivity index (χ1v) is 9.87. The summed E-state index contributed by atoms with van der Waals surface area (Å²) in [5.41, 5.74) is 8.77. The van der Waals surface area contributed by atoms with Crippen LogP contribution in [0.25, 0.3) is 11.2 Å². The fourth-order valence-corrected chi connectivity index (χ4v) is 4.02. The number of fused-ring (bicyclic) bond motifs is 2. The molecule has 1 amide bonds. The predicted octanol–water partition coefficient (Wildman–Crippen LogP) is 1.81. The summed E-state index contributed by atoms with van der Waals surface area (Å²) in [7, 11) is 0. The maximum atomic E-state index is 13.7. The molecule has 0 fully saturated rings. The first-order valence-electron chi connectivity index (χ1n) is 8.79. The summed E-state index contributed by atoms with van der Waals surface area (Å²) in [5, 5.41) is 2.74. The molecule has 3 heterocycles. The largest absolute Gasteiger partial charge is 0.493 e. The summed E-state index contributed by atoms with van der Waals surface area (Å²) in [4.78, 5) is 23.2. The number of nitrogen functional groups attached to an aromatic ring is 1. The van der Waals surface area contributed by atoms with Gasteiger partial charge in [0.15, 0.2) is 17.0 Å². The van der Waals surface area contributed by atoms with Crippen LogP contribution in [0, 0.1) is 9.65 Å². The molecule has 3 N–H and O–H groups in total. The lowest BCUT2D eigenvalue weighted by Crippen LogP contribution is -2.25. The van der Waals surface area contributed by atoms with E-state index in [0.29, 0.717) is 43.1 Å². The summed E-state index contributed by atoms with van der Waals surface area (Å²) in [6.45, 7) is 2.89. The van der Waals surface area contributed by atoms with Crippen LogP contribution >= 0.6 is 22.6 Å². The minimum absolute atomic E-state index is 0.00555. The van der Waals surface area contributed by atoms with Crippen molar-refractivity contribution >= 4 is 45.5 Å². The quantitative estimate of drug-likeness (QED) is 0.412. The van der Waals surface area contributed by atoms with Crippen LogP contribution in [-0.2, 0) is 24.2 Å². The van der Waals surface area contributed by atoms with E-state index >= 15 is 0 Å². The van der Waals surface area contributed by atoms with E-state index in [9.17, 15) is 9.18 Å². The number of benzene rings is 1. The summed E-state index contributed by atoms with van der Waals surface area (Å²) in [6.07, 6.45) is 0.497. The molecule has 1 aromatic carbocycles. The Hall–Kier alpha value is -2.50. The first-order chi connectivity index (χ1) is 13.4. The molecule has 3 aromatic rings. The lowest BCUT2D eigenvalue weighted by atomic mass is 10.1. The predicted molar refractivity (Wildman–Crippen MR) is 110 cm³/mol. The second-order valence-corrected chi connectivity index (χ2v) is 7.70. The van der Waals surface area contributed by atoms with Gasteiger partial charge in [0.2, 0.25) is 5.91 Å². The molecule has 4 rings (SSSR count). The number of nitrogens with one attached hydrogen (secondary N) is 1. The highest BCUT2D eigenvalue weighted by Crippen LogP contribution is 2.31. The number of rotatable bonds is 5. The van der Waals surface area contributed by atoms with Gasteiger partial charge in [0.1, 0.15) is 11.6 Å². The summed E-state index contributed by atoms with van der Waals surface area (Å²) < 4.78 is 22.3. The Balaban J connectivity index is 1.75. The topological polar surface area (TPSA) is 108 Å². The third-order valence-electron chi connectivity index (χ3n) is 4.59. The van der Waals surface area contributed by atoms with Gasteiger partial charge in [-0.3, -0.25) is 4.79 Å². The fourth-order valence-electron chi connectivity index (χ4n) is 3.30. The van der Waals surface area contributed by atoms with Gasteiger partial charge in [0.05, 0.1) is 6.61 Å². The lowest BCUT2D eigenvalue weighted by Gasteiger charge is -2.11. The SMILES string of the molecule is CC(=O)NCCn1c(Cc2cc3c(cc2I)CCO3)nc2c(N)nc(F)nc21. The Morgan fingerprint density at radius 1 is 1.39 bits per heavy atom. The molecule has 28 heavy (non-hydrogen) atoms. The van der Waals surface area contributed by atoms with Crippen molar-refractivity contribution in [2.75, 3.05) is 18.9 Å². The number of carbonyl (C=O) groups excluding carboxylic acids is 1. The maximum Gasteiger partial charge on any atom is 0.312 e. The molecule has 1 aliphatic rings. The monoisotopic (exact) mass is 496 g/mol. The molecule has 0 spiro atoms. The van der Waals surface area contributed by atoms with Crippen molar-refractivity contribution in [1.82, 2.24) is 24.8 Å². The highest BCUT2D eigenvalue weighted by atomic mass is 127. The maximum absolute atomic E-state index is 13.7. The minimum Gasteiger partial charge on any atom is -0.493 e. The minimum atomic E-state index is -0.905.